The number of nitrogens with zero attached hydrogens (tertiary/aromatic N) is 2. The minimum Gasteiger partial charge on any atom is -0.490 e. The summed E-state index contributed by atoms with van der Waals surface area (Å²) >= 11 is 6.23. The highest BCUT2D eigenvalue weighted by Gasteiger charge is 2.25. The molecule has 0 aromatic heterocycles. The zero-order valence-corrected chi connectivity index (χ0v) is 18.1. The summed E-state index contributed by atoms with van der Waals surface area (Å²) in [4.78, 5) is 17.1. The van der Waals surface area contributed by atoms with Gasteiger partial charge in [-0.1, -0.05) is 25.4 Å². The van der Waals surface area contributed by atoms with E-state index in [1.807, 2.05) is 0 Å². The third-order valence-corrected chi connectivity index (χ3v) is 5.28. The third kappa shape index (κ3) is 7.13. The summed E-state index contributed by atoms with van der Waals surface area (Å²) < 4.78 is 10.5. The van der Waals surface area contributed by atoms with Crippen molar-refractivity contribution in [3.05, 3.63) is 23.2 Å². The van der Waals surface area contributed by atoms with Crippen molar-refractivity contribution in [2.75, 3.05) is 65.4 Å². The number of rotatable bonds is 9. The molecule has 8 heteroatoms. The summed E-state index contributed by atoms with van der Waals surface area (Å²) in [5.41, 5.74) is 0.627. The second kappa shape index (κ2) is 11.5. The van der Waals surface area contributed by atoms with Crippen LogP contribution in [0, 0.1) is 5.92 Å². The van der Waals surface area contributed by atoms with Crippen LogP contribution in [0.2, 0.25) is 5.02 Å². The fourth-order valence-corrected chi connectivity index (χ4v) is 3.48. The van der Waals surface area contributed by atoms with Crippen molar-refractivity contribution in [2.45, 2.75) is 19.9 Å². The van der Waals surface area contributed by atoms with Gasteiger partial charge in [0, 0.05) is 51.6 Å². The molecule has 2 amide bonds. The van der Waals surface area contributed by atoms with Crippen LogP contribution in [0.25, 0.3) is 0 Å². The van der Waals surface area contributed by atoms with Gasteiger partial charge < -0.3 is 25.0 Å². The highest BCUT2D eigenvalue weighted by atomic mass is 35.5. The fraction of sp³-hybridized carbons (Fsp3) is 0.650. The Hall–Kier alpha value is -1.54. The van der Waals surface area contributed by atoms with Crippen molar-refractivity contribution in [1.82, 2.24) is 15.1 Å². The molecule has 1 unspecified atom stereocenters. The van der Waals surface area contributed by atoms with Crippen molar-refractivity contribution in [3.8, 4) is 5.75 Å². The van der Waals surface area contributed by atoms with Crippen molar-refractivity contribution >= 4 is 23.3 Å². The van der Waals surface area contributed by atoms with Crippen LogP contribution in [0.4, 0.5) is 10.5 Å². The van der Waals surface area contributed by atoms with Gasteiger partial charge in [-0.05, 0) is 31.2 Å². The fourth-order valence-electron chi connectivity index (χ4n) is 3.24. The molecule has 0 radical (unpaired) electrons. The lowest BCUT2D eigenvalue weighted by atomic mass is 10.0. The largest absolute Gasteiger partial charge is 0.490 e. The van der Waals surface area contributed by atoms with E-state index in [9.17, 15) is 4.79 Å². The number of carbonyl (C=O) groups excluding carboxylic acids is 1. The normalized spacial score (nSPS) is 16.8. The number of halogens is 1. The number of hydrogen-bond acceptors (Lipinski definition) is 5. The molecule has 1 aliphatic rings. The van der Waals surface area contributed by atoms with Crippen LogP contribution in [-0.4, -0.2) is 82.0 Å². The molecule has 0 spiro atoms. The molecule has 1 aromatic carbocycles. The summed E-state index contributed by atoms with van der Waals surface area (Å²) in [6.07, 6.45) is 0. The maximum atomic E-state index is 12.3. The molecule has 7 nitrogen and oxygen atoms in total. The molecule has 0 aliphatic carbocycles. The standard InChI is InChI=1S/C20H33ClN4O3/c1-15(2)18(25-9-7-24(3)8-10-25)14-22-20(26)23-16-5-6-19(17(21)13-16)28-12-11-27-4/h5-6,13,15,18H,7-12,14H2,1-4H3,(H2,22,23,26). The number of likely N-dealkylation sites (N-methyl/N-ethyl adjacent to an activating group) is 1. The van der Waals surface area contributed by atoms with Crippen molar-refractivity contribution in [3.63, 3.8) is 0 Å². The van der Waals surface area contributed by atoms with E-state index in [2.05, 4.69) is 41.3 Å². The van der Waals surface area contributed by atoms with Gasteiger partial charge >= 0.3 is 6.03 Å². The number of urea groups is 1. The average Bonchev–Trinajstić information content (AvgIpc) is 2.65. The van der Waals surface area contributed by atoms with Crippen LogP contribution in [0.5, 0.6) is 5.75 Å². The van der Waals surface area contributed by atoms with E-state index in [4.69, 9.17) is 21.1 Å². The maximum Gasteiger partial charge on any atom is 0.319 e. The molecule has 2 rings (SSSR count). The van der Waals surface area contributed by atoms with E-state index < -0.39 is 0 Å². The van der Waals surface area contributed by atoms with Crippen LogP contribution < -0.4 is 15.4 Å². The lowest BCUT2D eigenvalue weighted by Gasteiger charge is -2.39. The average molecular weight is 413 g/mol. The zero-order chi connectivity index (χ0) is 20.5. The van der Waals surface area contributed by atoms with E-state index in [0.29, 0.717) is 48.2 Å². The first-order chi connectivity index (χ1) is 13.4. The minimum atomic E-state index is -0.233. The number of carbonyl (C=O) groups is 1. The highest BCUT2D eigenvalue weighted by molar-refractivity contribution is 6.32. The zero-order valence-electron chi connectivity index (χ0n) is 17.3. The molecule has 1 saturated heterocycles. The number of methoxy groups -OCH3 is 1. The van der Waals surface area contributed by atoms with Crippen molar-refractivity contribution < 1.29 is 14.3 Å². The maximum absolute atomic E-state index is 12.3. The van der Waals surface area contributed by atoms with Crippen LogP contribution in [0.3, 0.4) is 0 Å². The Morgan fingerprint density at radius 3 is 2.54 bits per heavy atom. The monoisotopic (exact) mass is 412 g/mol. The number of piperazine rings is 1. The summed E-state index contributed by atoms with van der Waals surface area (Å²) in [7, 11) is 3.76. The van der Waals surface area contributed by atoms with Crippen molar-refractivity contribution in [1.29, 1.82) is 0 Å². The number of hydrogen-bond donors (Lipinski definition) is 2. The number of benzene rings is 1. The molecule has 28 heavy (non-hydrogen) atoms. The number of anilines is 1. The Labute approximate surface area is 173 Å². The summed E-state index contributed by atoms with van der Waals surface area (Å²) in [5.74, 6) is 1.03. The lowest BCUT2D eigenvalue weighted by Crippen LogP contribution is -2.54. The third-order valence-electron chi connectivity index (χ3n) is 4.98. The van der Waals surface area contributed by atoms with Gasteiger partial charge in [-0.2, -0.15) is 0 Å². The van der Waals surface area contributed by atoms with Gasteiger partial charge in [-0.3, -0.25) is 4.90 Å². The Morgan fingerprint density at radius 2 is 1.93 bits per heavy atom. The summed E-state index contributed by atoms with van der Waals surface area (Å²) in [6, 6.07) is 5.29. The predicted octanol–water partition coefficient (Wildman–Crippen LogP) is 2.76. The molecule has 1 atom stereocenters. The Morgan fingerprint density at radius 1 is 1.21 bits per heavy atom. The highest BCUT2D eigenvalue weighted by Crippen LogP contribution is 2.27. The second-order valence-electron chi connectivity index (χ2n) is 7.47. The van der Waals surface area contributed by atoms with E-state index in [1.54, 1.807) is 25.3 Å². The molecule has 0 saturated carbocycles. The molecule has 1 aliphatic heterocycles. The molecule has 1 fully saturated rings. The first kappa shape index (κ1) is 22.7. The molecule has 1 heterocycles. The first-order valence-corrected chi connectivity index (χ1v) is 10.2. The van der Waals surface area contributed by atoms with E-state index in [-0.39, 0.29) is 6.03 Å². The molecule has 2 N–H and O–H groups in total. The van der Waals surface area contributed by atoms with Gasteiger partial charge in [-0.15, -0.1) is 0 Å². The van der Waals surface area contributed by atoms with Crippen LogP contribution in [-0.2, 0) is 4.74 Å². The number of ether oxygens (including phenoxy) is 2. The van der Waals surface area contributed by atoms with Gasteiger partial charge in [0.25, 0.3) is 0 Å². The van der Waals surface area contributed by atoms with E-state index >= 15 is 0 Å². The molecular formula is C20H33ClN4O3. The van der Waals surface area contributed by atoms with Gasteiger partial charge in [0.15, 0.2) is 0 Å². The number of amides is 2. The molecule has 0 bridgehead atoms. The molecule has 158 valence electrons. The van der Waals surface area contributed by atoms with Crippen molar-refractivity contribution in [2.24, 2.45) is 5.92 Å². The van der Waals surface area contributed by atoms with Crippen LogP contribution in [0.15, 0.2) is 18.2 Å². The predicted molar refractivity (Wildman–Crippen MR) is 114 cm³/mol. The Kier molecular flexibility index (Phi) is 9.31. The summed E-state index contributed by atoms with van der Waals surface area (Å²) in [6.45, 7) is 10.1. The second-order valence-corrected chi connectivity index (χ2v) is 7.88. The Balaban J connectivity index is 1.84. The van der Waals surface area contributed by atoms with E-state index in [1.165, 1.54) is 0 Å². The van der Waals surface area contributed by atoms with Crippen LogP contribution in [0.1, 0.15) is 13.8 Å². The van der Waals surface area contributed by atoms with Gasteiger partial charge in [-0.25, -0.2) is 4.79 Å². The molecular weight excluding hydrogens is 380 g/mol. The topological polar surface area (TPSA) is 66.1 Å². The quantitative estimate of drug-likeness (QED) is 0.610. The van der Waals surface area contributed by atoms with Gasteiger partial charge in [0.1, 0.15) is 12.4 Å². The smallest absolute Gasteiger partial charge is 0.319 e. The van der Waals surface area contributed by atoms with E-state index in [0.717, 1.165) is 26.2 Å². The van der Waals surface area contributed by atoms with Gasteiger partial charge in [0.05, 0.1) is 11.6 Å². The first-order valence-electron chi connectivity index (χ1n) is 9.79. The lowest BCUT2D eigenvalue weighted by molar-refractivity contribution is 0.0890. The Bertz CT molecular complexity index is 621. The van der Waals surface area contributed by atoms with Gasteiger partial charge in [0.2, 0.25) is 0 Å². The minimum absolute atomic E-state index is 0.233. The van der Waals surface area contributed by atoms with Crippen LogP contribution >= 0.6 is 11.6 Å². The molecule has 1 aromatic rings. The summed E-state index contributed by atoms with van der Waals surface area (Å²) in [5, 5.41) is 6.29. The number of nitrogens with one attached hydrogen (secondary N) is 2. The SMILES string of the molecule is COCCOc1ccc(NC(=O)NCC(C(C)C)N2CCN(C)CC2)cc1Cl.